The lowest BCUT2D eigenvalue weighted by Crippen LogP contribution is -2.61. The Labute approximate surface area is 782 Å². The Kier molecular flexibility index (Phi) is 39.8. The second-order valence-corrected chi connectivity index (χ2v) is 33.2. The van der Waals surface area contributed by atoms with Crippen molar-refractivity contribution in [3.8, 4) is 34.5 Å². The van der Waals surface area contributed by atoms with Crippen LogP contribution in [0.5, 0.6) is 34.5 Å². The largest absolute Gasteiger partial charge is 0.493 e. The van der Waals surface area contributed by atoms with Gasteiger partial charge in [-0.25, -0.2) is 29.0 Å². The summed E-state index contributed by atoms with van der Waals surface area (Å²) in [6.45, 7) is 10.4. The standard InChI is InChI=1S/C90H122N10O36/c1-47-33-60-83(114)99(89(120)131-43-51-18-20-62(55(35-51)78(109)93-23-27-122-5)133-87-74(107)70(103)72(105)76(135-87)85(116)117)58-39-66(64(124-7)37-53(58)81(112)97(60)41-47)129-25-12-9-13-26-130-67-40-59-54(38-65(67)125-8)82(113)98-42-48(2)34-61(98)84(115)100(59)90(121)132-44-52-19-21-63(134-88-75(108)71(104)73(106)77(136-88)86(118)119)56(36-52)79(110)94-24-28-126-31-32-128-45-68(101)92-22-11-10-17-57(96-69(102)46-127-30-29-123-6)80(111)95-50(4)16-14-15-49(3)91/h18-21,35-40,49-50,57,60-61,70-77,83-84,87-88,103-108,114-115H,1-2,9-17,22-34,41-46,91H2,3-8H3,(H,92,101)(H,93,109)(H,94,110)(H,95,111)(H,96,102)(H,116,117)(H,118,119)/t49?,50?,57?,60-,61-,70-,71-,72-,73-,74+,75+,76-,77-,83?,84?,87+,88+/m0/s1. The monoisotopic (exact) mass is 1920 g/mol. The number of nitrogens with zero attached hydrogens (tertiary/aromatic N) is 4. The smallest absolute Gasteiger partial charge is 0.416 e. The summed E-state index contributed by atoms with van der Waals surface area (Å²) in [4.78, 5) is 154. The van der Waals surface area contributed by atoms with Gasteiger partial charge in [-0.2, -0.15) is 0 Å². The zero-order chi connectivity index (χ0) is 98.7. The van der Waals surface area contributed by atoms with Crippen molar-refractivity contribution in [3.63, 3.8) is 0 Å². The number of aliphatic hydroxyl groups excluding tert-OH is 8. The van der Waals surface area contributed by atoms with Crippen molar-refractivity contribution in [1.29, 1.82) is 0 Å². The summed E-state index contributed by atoms with van der Waals surface area (Å²) in [5, 5.41) is 121. The summed E-state index contributed by atoms with van der Waals surface area (Å²) in [5.74, 6) is -7.97. The Morgan fingerprint density at radius 2 is 0.941 bits per heavy atom. The fourth-order valence-electron chi connectivity index (χ4n) is 15.8. The molecule has 0 aliphatic carbocycles. The van der Waals surface area contributed by atoms with Crippen molar-refractivity contribution < 1.29 is 175 Å². The van der Waals surface area contributed by atoms with Crippen LogP contribution in [0.15, 0.2) is 85.0 Å². The van der Waals surface area contributed by atoms with Crippen LogP contribution in [0, 0.1) is 0 Å². The Bertz CT molecular complexity index is 4850. The van der Waals surface area contributed by atoms with E-state index in [9.17, 15) is 104 Å². The normalized spacial score (nSPS) is 23.0. The molecule has 6 aliphatic rings. The van der Waals surface area contributed by atoms with Crippen LogP contribution in [0.2, 0.25) is 0 Å². The molecule has 748 valence electrons. The van der Waals surface area contributed by atoms with Gasteiger partial charge in [0, 0.05) is 71.2 Å². The van der Waals surface area contributed by atoms with Crippen LogP contribution in [0.25, 0.3) is 0 Å². The van der Waals surface area contributed by atoms with Gasteiger partial charge in [-0.3, -0.25) is 33.6 Å². The first kappa shape index (κ1) is 106. The lowest BCUT2D eigenvalue weighted by atomic mass is 9.99. The van der Waals surface area contributed by atoms with Crippen molar-refractivity contribution in [2.45, 2.75) is 202 Å². The van der Waals surface area contributed by atoms with Gasteiger partial charge >= 0.3 is 24.1 Å². The number of aliphatic hydroxyl groups is 8. The maximum atomic E-state index is 14.8. The van der Waals surface area contributed by atoms with Gasteiger partial charge in [0.15, 0.2) is 47.7 Å². The summed E-state index contributed by atoms with van der Waals surface area (Å²) >= 11 is 0. The number of nitrogens with two attached hydrogens (primary N) is 1. The van der Waals surface area contributed by atoms with Crippen molar-refractivity contribution in [2.75, 3.05) is 137 Å². The number of hydrogen-bond acceptors (Lipinski definition) is 35. The molecule has 5 unspecified atom stereocenters. The van der Waals surface area contributed by atoms with Gasteiger partial charge in [0.25, 0.3) is 23.6 Å². The number of benzene rings is 4. The Hall–Kier alpha value is -11.7. The quantitative estimate of drug-likeness (QED) is 0.0204. The number of rotatable bonds is 50. The van der Waals surface area contributed by atoms with Crippen LogP contribution in [-0.4, -0.2) is 358 Å². The number of amides is 9. The minimum Gasteiger partial charge on any atom is -0.493 e. The topological polar surface area (TPSA) is 628 Å². The van der Waals surface area contributed by atoms with Crippen LogP contribution in [0.1, 0.15) is 137 Å². The minimum absolute atomic E-state index is 0.00441. The number of aliphatic carboxylic acids is 2. The minimum atomic E-state index is -2.10. The highest BCUT2D eigenvalue weighted by molar-refractivity contribution is 6.08. The zero-order valence-corrected chi connectivity index (χ0v) is 76.3. The number of fused-ring (bicyclic) bond motifs is 4. The molecule has 17 N–H and O–H groups in total. The van der Waals surface area contributed by atoms with E-state index < -0.39 is 165 Å². The summed E-state index contributed by atoms with van der Waals surface area (Å²) in [7, 11) is 5.55. The van der Waals surface area contributed by atoms with Crippen molar-refractivity contribution in [1.82, 2.24) is 36.4 Å². The summed E-state index contributed by atoms with van der Waals surface area (Å²) in [5.41, 5.74) is 6.22. The number of anilines is 2. The molecule has 17 atom stereocenters. The van der Waals surface area contributed by atoms with E-state index in [0.717, 1.165) is 22.6 Å². The predicted molar refractivity (Wildman–Crippen MR) is 473 cm³/mol. The first-order valence-electron chi connectivity index (χ1n) is 44.3. The second kappa shape index (κ2) is 50.9. The van der Waals surface area contributed by atoms with Crippen LogP contribution in [0.4, 0.5) is 21.0 Å². The molecule has 4 saturated heterocycles. The molecule has 6 aliphatic heterocycles. The highest BCUT2D eigenvalue weighted by Crippen LogP contribution is 2.45. The number of carboxylic acid groups (broad SMARTS) is 2. The third-order valence-electron chi connectivity index (χ3n) is 23.0. The Morgan fingerprint density at radius 3 is 1.40 bits per heavy atom. The van der Waals surface area contributed by atoms with Gasteiger partial charge in [-0.05, 0) is 132 Å². The molecule has 9 amide bonds. The van der Waals surface area contributed by atoms with Gasteiger partial charge in [0.05, 0.1) is 113 Å². The van der Waals surface area contributed by atoms with Gasteiger partial charge in [-0.15, -0.1) is 0 Å². The highest BCUT2D eigenvalue weighted by Gasteiger charge is 2.52. The van der Waals surface area contributed by atoms with Crippen LogP contribution in [-0.2, 0) is 79.8 Å². The average Bonchev–Trinajstić information content (AvgIpc) is 1.60. The first-order valence-corrected chi connectivity index (χ1v) is 44.3. The maximum absolute atomic E-state index is 14.8. The van der Waals surface area contributed by atoms with E-state index in [1.165, 1.54) is 98.9 Å². The number of nitrogens with one attached hydrogen (secondary N) is 5. The van der Waals surface area contributed by atoms with Crippen LogP contribution in [0.3, 0.4) is 0 Å². The molecular weight excluding hydrogens is 1800 g/mol. The third-order valence-corrected chi connectivity index (χ3v) is 23.0. The van der Waals surface area contributed by atoms with E-state index in [1.807, 2.05) is 13.8 Å². The molecule has 0 bridgehead atoms. The number of carboxylic acids is 2. The van der Waals surface area contributed by atoms with Crippen molar-refractivity contribution in [2.24, 2.45) is 5.73 Å². The molecule has 46 nitrogen and oxygen atoms in total. The van der Waals surface area contributed by atoms with E-state index >= 15 is 0 Å². The molecule has 136 heavy (non-hydrogen) atoms. The first-order chi connectivity index (χ1) is 65.1. The lowest BCUT2D eigenvalue weighted by Gasteiger charge is -2.38. The van der Waals surface area contributed by atoms with E-state index in [2.05, 4.69) is 39.7 Å². The van der Waals surface area contributed by atoms with Crippen molar-refractivity contribution >= 4 is 76.9 Å². The van der Waals surface area contributed by atoms with E-state index in [0.29, 0.717) is 49.7 Å². The number of carbonyl (C=O) groups is 11. The molecule has 4 aromatic rings. The summed E-state index contributed by atoms with van der Waals surface area (Å²) in [6, 6.07) is 9.87. The molecule has 0 saturated carbocycles. The average molecular weight is 1920 g/mol. The number of methoxy groups -OCH3 is 4. The van der Waals surface area contributed by atoms with Crippen molar-refractivity contribution in [3.05, 3.63) is 118 Å². The molecule has 4 aromatic carbocycles. The molecule has 0 radical (unpaired) electrons. The van der Waals surface area contributed by atoms with Crippen LogP contribution < -0.4 is 70.5 Å². The molecule has 10 rings (SSSR count). The Balaban J connectivity index is 0.760. The second-order valence-electron chi connectivity index (χ2n) is 33.2. The van der Waals surface area contributed by atoms with E-state index in [4.69, 9.17) is 76.8 Å². The molecule has 6 heterocycles. The zero-order valence-electron chi connectivity index (χ0n) is 76.3. The molecule has 46 heteroatoms. The maximum Gasteiger partial charge on any atom is 0.416 e. The number of hydrogen-bond donors (Lipinski definition) is 16. The van der Waals surface area contributed by atoms with Gasteiger partial charge < -0.3 is 164 Å². The Morgan fingerprint density at radius 1 is 0.478 bits per heavy atom. The molecule has 0 aromatic heterocycles. The highest BCUT2D eigenvalue weighted by atomic mass is 16.7. The fourth-order valence-corrected chi connectivity index (χ4v) is 15.8. The summed E-state index contributed by atoms with van der Waals surface area (Å²) < 4.78 is 84.4. The van der Waals surface area contributed by atoms with E-state index in [1.54, 1.807) is 0 Å². The molecule has 0 spiro atoms. The fraction of sp³-hybridized carbons (Fsp3) is 0.567. The number of unbranched alkanes of at least 4 members (excludes halogenated alkanes) is 3. The van der Waals surface area contributed by atoms with E-state index in [-0.39, 0.29) is 215 Å². The molecular formula is C90H122N10O36. The van der Waals surface area contributed by atoms with Gasteiger partial charge in [0.2, 0.25) is 30.3 Å². The SMILES string of the molecule is C=C1C[C@H]2C(O)N(C(=O)OCc3ccc(O[C@@H]4O[C@H](C(=O)O)[C@@H](O)[C@H](O)[C@H]4O)c(C(=O)NCCOC)c3)c3cc(OCCCCCOc4cc5c(cc4OC)C(=O)N4CC(=C)C[C@H]4C(O)N5C(=O)OCc4ccc(O[C@@H]5O[C@H](C(=O)O)[C@@H](O)[C@H](O)[C@H]5O)c(C(=O)NCCOCCOCC(=O)NCCCCC(NC(=O)COCCOC)C(=O)NC(C)CCCC(C)N)c4)c(OC)cc3C(=O)N2C1. The molecule has 4 fully saturated rings. The lowest BCUT2D eigenvalue weighted by molar-refractivity contribution is -0.271. The number of carbonyl (C=O) groups excluding carboxylic acids is 9. The number of ether oxygens (including phenoxy) is 15. The van der Waals surface area contributed by atoms with Gasteiger partial charge in [-0.1, -0.05) is 36.4 Å². The van der Waals surface area contributed by atoms with Gasteiger partial charge in [0.1, 0.15) is 80.6 Å². The summed E-state index contributed by atoms with van der Waals surface area (Å²) in [6.07, 6.45) is -21.5. The predicted octanol–water partition coefficient (Wildman–Crippen LogP) is -0.0386. The third kappa shape index (κ3) is 27.8. The van der Waals surface area contributed by atoms with Crippen LogP contribution >= 0.6 is 0 Å².